The van der Waals surface area contributed by atoms with Crippen molar-refractivity contribution in [2.24, 2.45) is 4.99 Å². The van der Waals surface area contributed by atoms with Gasteiger partial charge in [0.2, 0.25) is 0 Å². The van der Waals surface area contributed by atoms with Gasteiger partial charge in [-0.05, 0) is 46.3 Å². The maximum absolute atomic E-state index is 14.5. The van der Waals surface area contributed by atoms with Gasteiger partial charge in [0.25, 0.3) is 0 Å². The van der Waals surface area contributed by atoms with Gasteiger partial charge < -0.3 is 10.6 Å². The molecular formula is C28H33F4N3O. The quantitative estimate of drug-likeness (QED) is 0.119. The molecule has 0 saturated heterocycles. The third-order valence-corrected chi connectivity index (χ3v) is 5.58. The third kappa shape index (κ3) is 8.36. The minimum absolute atomic E-state index is 0.0977. The van der Waals surface area contributed by atoms with Gasteiger partial charge in [-0.25, -0.2) is 0 Å². The highest BCUT2D eigenvalue weighted by Gasteiger charge is 2.44. The molecule has 2 atom stereocenters. The molecule has 0 fully saturated rings. The zero-order valence-corrected chi connectivity index (χ0v) is 21.2. The lowest BCUT2D eigenvalue weighted by Gasteiger charge is -2.32. The minimum atomic E-state index is -4.69. The lowest BCUT2D eigenvalue weighted by atomic mass is 9.96. The van der Waals surface area contributed by atoms with E-state index in [1.54, 1.807) is 50.3 Å². The second-order valence-electron chi connectivity index (χ2n) is 8.58. The second kappa shape index (κ2) is 13.0. The Morgan fingerprint density at radius 3 is 2.36 bits per heavy atom. The van der Waals surface area contributed by atoms with Gasteiger partial charge in [0.05, 0.1) is 11.7 Å². The Bertz CT molecular complexity index is 1110. The molecule has 1 aliphatic rings. The summed E-state index contributed by atoms with van der Waals surface area (Å²) >= 11 is 0. The van der Waals surface area contributed by atoms with Crippen LogP contribution in [0.15, 0.2) is 88.5 Å². The van der Waals surface area contributed by atoms with Crippen LogP contribution in [0, 0.1) is 0 Å². The maximum atomic E-state index is 14.5. The van der Waals surface area contributed by atoms with E-state index in [-0.39, 0.29) is 28.5 Å². The van der Waals surface area contributed by atoms with Gasteiger partial charge in [0.15, 0.2) is 11.7 Å². The van der Waals surface area contributed by atoms with E-state index in [0.29, 0.717) is 24.0 Å². The Morgan fingerprint density at radius 1 is 1.14 bits per heavy atom. The predicted molar refractivity (Wildman–Crippen MR) is 138 cm³/mol. The summed E-state index contributed by atoms with van der Waals surface area (Å²) in [4.78, 5) is 16.4. The van der Waals surface area contributed by atoms with E-state index in [0.717, 1.165) is 6.08 Å². The van der Waals surface area contributed by atoms with Crippen LogP contribution in [0.3, 0.4) is 0 Å². The zero-order chi connectivity index (χ0) is 26.9. The summed E-state index contributed by atoms with van der Waals surface area (Å²) in [6, 6.07) is 6.05. The SMILES string of the molecule is C\C=C(C)/C=C(\C(C)=N\C(=C/C(C)=O)c1ccccc1)C(NC1=CC=C(F)NC1CCC)C(F)(F)F. The molecule has 0 amide bonds. The predicted octanol–water partition coefficient (Wildman–Crippen LogP) is 6.96. The monoisotopic (exact) mass is 503 g/mol. The van der Waals surface area contributed by atoms with Crippen LogP contribution < -0.4 is 10.6 Å². The average Bonchev–Trinajstić information content (AvgIpc) is 2.81. The van der Waals surface area contributed by atoms with Crippen molar-refractivity contribution in [1.82, 2.24) is 10.6 Å². The molecule has 1 aromatic carbocycles. The van der Waals surface area contributed by atoms with E-state index in [2.05, 4.69) is 15.6 Å². The largest absolute Gasteiger partial charge is 0.412 e. The van der Waals surface area contributed by atoms with Crippen LogP contribution >= 0.6 is 0 Å². The standard InChI is InChI=1S/C28H33F4N3O/c1-6-11-23-24(14-15-26(29)34-23)35-27(28(30,31)32)22(16-18(3)7-2)20(5)33-25(17-19(4)36)21-12-9-8-10-13-21/h7-10,12-17,23,27,34-35H,6,11H2,1-5H3/b18-7-,22-16+,25-17-,33-20+. The molecule has 2 rings (SSSR count). The maximum Gasteiger partial charge on any atom is 0.412 e. The highest BCUT2D eigenvalue weighted by molar-refractivity contribution is 6.05. The molecule has 1 aromatic rings. The number of ketones is 1. The van der Waals surface area contributed by atoms with Crippen molar-refractivity contribution in [1.29, 1.82) is 0 Å². The van der Waals surface area contributed by atoms with Crippen molar-refractivity contribution in [3.63, 3.8) is 0 Å². The number of hydrogen-bond acceptors (Lipinski definition) is 4. The van der Waals surface area contributed by atoms with Crippen LogP contribution in [-0.4, -0.2) is 29.8 Å². The molecule has 194 valence electrons. The Balaban J connectivity index is 2.64. The Labute approximate surface area is 210 Å². The van der Waals surface area contributed by atoms with Crippen molar-refractivity contribution in [2.45, 2.75) is 65.7 Å². The number of halogens is 4. The fourth-order valence-corrected chi connectivity index (χ4v) is 3.69. The molecule has 0 bridgehead atoms. The molecule has 0 saturated carbocycles. The van der Waals surface area contributed by atoms with Gasteiger partial charge in [0, 0.05) is 28.6 Å². The molecule has 1 aliphatic heterocycles. The van der Waals surface area contributed by atoms with E-state index in [4.69, 9.17) is 0 Å². The first-order valence-corrected chi connectivity index (χ1v) is 11.8. The first-order valence-electron chi connectivity index (χ1n) is 11.8. The lowest BCUT2D eigenvalue weighted by molar-refractivity contribution is -0.144. The van der Waals surface area contributed by atoms with Crippen molar-refractivity contribution in [3.05, 3.63) is 89.1 Å². The third-order valence-electron chi connectivity index (χ3n) is 5.58. The average molecular weight is 504 g/mol. The van der Waals surface area contributed by atoms with Crippen molar-refractivity contribution < 1.29 is 22.4 Å². The number of carbonyl (C=O) groups excluding carboxylic acids is 1. The number of rotatable bonds is 10. The first kappa shape index (κ1) is 28.8. The van der Waals surface area contributed by atoms with Crippen LogP contribution in [0.25, 0.3) is 5.70 Å². The molecule has 1 heterocycles. The van der Waals surface area contributed by atoms with Crippen LogP contribution in [0.2, 0.25) is 0 Å². The van der Waals surface area contributed by atoms with Gasteiger partial charge in [-0.15, -0.1) is 0 Å². The Kier molecular flexibility index (Phi) is 10.4. The van der Waals surface area contributed by atoms with Crippen LogP contribution in [0.5, 0.6) is 0 Å². The number of aliphatic imine (C=N–C) groups is 1. The summed E-state index contributed by atoms with van der Waals surface area (Å²) in [5, 5.41) is 5.22. The molecule has 4 nitrogen and oxygen atoms in total. The molecule has 0 spiro atoms. The normalized spacial score (nSPS) is 18.8. The molecule has 36 heavy (non-hydrogen) atoms. The van der Waals surface area contributed by atoms with Crippen molar-refractivity contribution >= 4 is 17.2 Å². The van der Waals surface area contributed by atoms with Crippen LogP contribution in [0.1, 0.15) is 53.0 Å². The van der Waals surface area contributed by atoms with Crippen molar-refractivity contribution in [2.75, 3.05) is 0 Å². The molecule has 0 aromatic heterocycles. The summed E-state index contributed by atoms with van der Waals surface area (Å²) in [6.07, 6.45) is 3.28. The zero-order valence-electron chi connectivity index (χ0n) is 21.2. The summed E-state index contributed by atoms with van der Waals surface area (Å²) in [5.74, 6) is -0.872. The summed E-state index contributed by atoms with van der Waals surface area (Å²) in [6.45, 7) is 8.15. The number of hydrogen-bond donors (Lipinski definition) is 2. The van der Waals surface area contributed by atoms with E-state index in [1.165, 1.54) is 32.1 Å². The van der Waals surface area contributed by atoms with E-state index >= 15 is 0 Å². The molecule has 0 aliphatic carbocycles. The van der Waals surface area contributed by atoms with Gasteiger partial charge in [-0.3, -0.25) is 9.79 Å². The van der Waals surface area contributed by atoms with Gasteiger partial charge >= 0.3 is 6.18 Å². The number of allylic oxidation sites excluding steroid dienone is 6. The molecule has 2 N–H and O–H groups in total. The topological polar surface area (TPSA) is 53.5 Å². The highest BCUT2D eigenvalue weighted by Crippen LogP contribution is 2.30. The fraction of sp³-hybridized carbons (Fsp3) is 0.357. The Hall–Kier alpha value is -3.42. The van der Waals surface area contributed by atoms with E-state index < -0.39 is 24.2 Å². The first-order chi connectivity index (χ1) is 17.0. The van der Waals surface area contributed by atoms with Gasteiger partial charge in [-0.2, -0.15) is 17.6 Å². The smallest absolute Gasteiger partial charge is 0.372 e. The summed E-state index contributed by atoms with van der Waals surface area (Å²) in [5.41, 5.74) is 1.71. The number of benzene rings is 1. The molecule has 0 radical (unpaired) electrons. The molecule has 8 heteroatoms. The Morgan fingerprint density at radius 2 is 1.81 bits per heavy atom. The van der Waals surface area contributed by atoms with Crippen LogP contribution in [0.4, 0.5) is 17.6 Å². The van der Waals surface area contributed by atoms with Gasteiger partial charge in [-0.1, -0.05) is 61.4 Å². The number of dihydropyridines is 1. The van der Waals surface area contributed by atoms with E-state index in [1.807, 2.05) is 6.92 Å². The van der Waals surface area contributed by atoms with Crippen LogP contribution in [-0.2, 0) is 4.79 Å². The number of alkyl halides is 3. The summed E-state index contributed by atoms with van der Waals surface area (Å²) in [7, 11) is 0. The number of nitrogens with zero attached hydrogens (tertiary/aromatic N) is 1. The number of nitrogens with one attached hydrogen (secondary N) is 2. The molecule has 2 unspecified atom stereocenters. The highest BCUT2D eigenvalue weighted by atomic mass is 19.4. The minimum Gasteiger partial charge on any atom is -0.372 e. The van der Waals surface area contributed by atoms with E-state index in [9.17, 15) is 22.4 Å². The summed E-state index contributed by atoms with van der Waals surface area (Å²) < 4.78 is 57.3. The second-order valence-corrected chi connectivity index (χ2v) is 8.58. The number of carbonyl (C=O) groups is 1. The molecular weight excluding hydrogens is 470 g/mol. The van der Waals surface area contributed by atoms with Gasteiger partial charge in [0.1, 0.15) is 6.04 Å². The lowest BCUT2D eigenvalue weighted by Crippen LogP contribution is -2.49. The fourth-order valence-electron chi connectivity index (χ4n) is 3.69. The van der Waals surface area contributed by atoms with Crippen molar-refractivity contribution in [3.8, 4) is 0 Å².